The molecule has 2 saturated heterocycles. The van der Waals surface area contributed by atoms with E-state index in [-0.39, 0.29) is 37.2 Å². The second-order valence-electron chi connectivity index (χ2n) is 11.1. The molecule has 0 bridgehead atoms. The highest BCUT2D eigenvalue weighted by Gasteiger charge is 2.47. The van der Waals surface area contributed by atoms with Gasteiger partial charge < -0.3 is 22.0 Å². The van der Waals surface area contributed by atoms with Crippen LogP contribution in [-0.2, 0) is 14.3 Å². The second kappa shape index (κ2) is 12.6. The van der Waals surface area contributed by atoms with Crippen LogP contribution in [0.15, 0.2) is 24.3 Å². The molecule has 5 rings (SSSR count). The Kier molecular flexibility index (Phi) is 9.48. The maximum absolute atomic E-state index is 12.8. The van der Waals surface area contributed by atoms with E-state index in [9.17, 15) is 14.4 Å². The van der Waals surface area contributed by atoms with E-state index in [0.717, 1.165) is 77.1 Å². The number of hydrogen-bond donors (Lipinski definition) is 0. The van der Waals surface area contributed by atoms with E-state index in [1.165, 1.54) is 26.5 Å². The fourth-order valence-electron chi connectivity index (χ4n) is 6.22. The Balaban J connectivity index is 0.00000353. The zero-order valence-electron chi connectivity index (χ0n) is 23.6. The molecule has 214 valence electrons. The van der Waals surface area contributed by atoms with Gasteiger partial charge in [-0.3, -0.25) is 19.0 Å². The molecule has 1 aliphatic carbocycles. The van der Waals surface area contributed by atoms with Gasteiger partial charge in [-0.25, -0.2) is 4.79 Å². The Bertz CT molecular complexity index is 1140. The average molecular weight is 558 g/mol. The molecule has 0 radical (unpaired) electrons. The lowest BCUT2D eigenvalue weighted by Crippen LogP contribution is -2.61. The van der Waals surface area contributed by atoms with Crippen LogP contribution in [-0.4, -0.2) is 96.2 Å². The first kappa shape index (κ1) is 29.3. The zero-order valence-corrected chi connectivity index (χ0v) is 24.5. The third-order valence-corrected chi connectivity index (χ3v) is 9.61. The monoisotopic (exact) mass is 557 g/mol. The van der Waals surface area contributed by atoms with E-state index in [4.69, 9.17) is 9.11 Å². The number of fused-ring (bicyclic) bond motifs is 2. The number of ether oxygens (including phenoxy) is 1. The third kappa shape index (κ3) is 6.06. The lowest BCUT2D eigenvalue weighted by atomic mass is 9.81. The summed E-state index contributed by atoms with van der Waals surface area (Å²) in [5.74, 6) is 0.964. The smallest absolute Gasteiger partial charge is 0.399 e. The molecule has 1 aromatic heterocycles. The van der Waals surface area contributed by atoms with Gasteiger partial charge in [-0.05, 0) is 56.3 Å². The summed E-state index contributed by atoms with van der Waals surface area (Å²) in [6.07, 6.45) is 5.16. The summed E-state index contributed by atoms with van der Waals surface area (Å²) < 4.78 is 12.4. The number of benzene rings is 1. The van der Waals surface area contributed by atoms with Gasteiger partial charge in [0.25, 0.3) is 0 Å². The maximum Gasteiger partial charge on any atom is 0.413 e. The van der Waals surface area contributed by atoms with E-state index in [2.05, 4.69) is 23.1 Å². The van der Waals surface area contributed by atoms with Crippen LogP contribution in [0.25, 0.3) is 10.1 Å². The minimum Gasteiger partial charge on any atom is -0.399 e. The predicted molar refractivity (Wildman–Crippen MR) is 154 cm³/mol. The summed E-state index contributed by atoms with van der Waals surface area (Å²) in [6, 6.07) is 8.33. The number of quaternary nitrogens is 1. The van der Waals surface area contributed by atoms with Crippen molar-refractivity contribution in [3.05, 3.63) is 31.7 Å². The minimum absolute atomic E-state index is 0. The minimum atomic E-state index is -0.297. The van der Waals surface area contributed by atoms with Crippen molar-refractivity contribution >= 4 is 45.3 Å². The average Bonchev–Trinajstić information content (AvgIpc) is 3.49. The molecule has 3 fully saturated rings. The standard InChI is InChI=1S/C28H40N5O4S.CH3/c1-3-30(2)28(36)37-20-33(17-9-8-14-32-26(34)21-10-4-5-11-22(21)27(32)35)18-15-31(16-19-33)25-23-12-6-7-13-24(23)38-29-25;/h6-7,12-13,21-22H,3-5,8-11,14-20H2,1-2H3;1H3/q+1;-1. The number of carbonyl (C=O) groups excluding carboxylic acids is 3. The third-order valence-electron chi connectivity index (χ3n) is 8.79. The van der Waals surface area contributed by atoms with Gasteiger partial charge in [-0.1, -0.05) is 25.0 Å². The SMILES string of the molecule is CCN(C)C(=O)OC[N+]1(CCCCN2C(=O)C3CCCCC3C2=O)CCN(c2nsc3ccccc23)CC1.[CH3-]. The van der Waals surface area contributed by atoms with Crippen molar-refractivity contribution in [3.8, 4) is 0 Å². The van der Waals surface area contributed by atoms with Crippen molar-refractivity contribution in [1.29, 1.82) is 0 Å². The summed E-state index contributed by atoms with van der Waals surface area (Å²) in [7, 11) is 1.75. The number of aromatic nitrogens is 1. The molecule has 2 unspecified atom stereocenters. The highest BCUT2D eigenvalue weighted by Crippen LogP contribution is 2.38. The fourth-order valence-corrected chi connectivity index (χ4v) is 7.01. The van der Waals surface area contributed by atoms with Gasteiger partial charge >= 0.3 is 6.09 Å². The quantitative estimate of drug-likeness (QED) is 0.197. The number of unbranched alkanes of at least 4 members (excludes halogenated alkanes) is 1. The second-order valence-corrected chi connectivity index (χ2v) is 11.9. The first-order chi connectivity index (χ1) is 18.4. The summed E-state index contributed by atoms with van der Waals surface area (Å²) in [4.78, 5) is 43.6. The Labute approximate surface area is 236 Å². The molecule has 0 spiro atoms. The van der Waals surface area contributed by atoms with Gasteiger partial charge in [0.2, 0.25) is 18.5 Å². The maximum atomic E-state index is 12.8. The molecule has 39 heavy (non-hydrogen) atoms. The lowest BCUT2D eigenvalue weighted by Gasteiger charge is -2.44. The van der Waals surface area contributed by atoms with Crippen LogP contribution in [0.5, 0.6) is 0 Å². The molecule has 0 N–H and O–H groups in total. The molecular formula is C29H43N5O4S. The topological polar surface area (TPSA) is 83.0 Å². The van der Waals surface area contributed by atoms with Gasteiger partial charge in [0.05, 0.1) is 49.3 Å². The van der Waals surface area contributed by atoms with Crippen LogP contribution in [0.3, 0.4) is 0 Å². The Morgan fingerprint density at radius 2 is 1.77 bits per heavy atom. The van der Waals surface area contributed by atoms with Crippen molar-refractivity contribution in [2.45, 2.75) is 45.4 Å². The summed E-state index contributed by atoms with van der Waals surface area (Å²) in [6.45, 7) is 7.57. The van der Waals surface area contributed by atoms with Crippen molar-refractivity contribution < 1.29 is 23.6 Å². The predicted octanol–water partition coefficient (Wildman–Crippen LogP) is 4.38. The Hall–Kier alpha value is -2.72. The van der Waals surface area contributed by atoms with Gasteiger partial charge in [0, 0.05) is 25.5 Å². The highest BCUT2D eigenvalue weighted by atomic mass is 32.1. The highest BCUT2D eigenvalue weighted by molar-refractivity contribution is 7.13. The van der Waals surface area contributed by atoms with Crippen molar-refractivity contribution in [3.63, 3.8) is 0 Å². The van der Waals surface area contributed by atoms with Crippen LogP contribution in [0.1, 0.15) is 45.4 Å². The number of amides is 3. The van der Waals surface area contributed by atoms with Crippen LogP contribution in [0.4, 0.5) is 10.6 Å². The molecule has 1 saturated carbocycles. The number of rotatable bonds is 9. The first-order valence-corrected chi connectivity index (χ1v) is 14.9. The van der Waals surface area contributed by atoms with E-state index in [1.807, 2.05) is 13.0 Å². The molecule has 2 aliphatic heterocycles. The van der Waals surface area contributed by atoms with E-state index < -0.39 is 0 Å². The summed E-state index contributed by atoms with van der Waals surface area (Å²) in [5, 5.41) is 1.19. The fraction of sp³-hybridized carbons (Fsp3) is 0.621. The molecule has 3 aliphatic rings. The van der Waals surface area contributed by atoms with Crippen molar-refractivity contribution in [2.75, 3.05) is 64.5 Å². The van der Waals surface area contributed by atoms with Crippen LogP contribution in [0.2, 0.25) is 0 Å². The molecule has 10 heteroatoms. The molecule has 1 aromatic carbocycles. The largest absolute Gasteiger partial charge is 0.413 e. The van der Waals surface area contributed by atoms with Gasteiger partial charge in [-0.2, -0.15) is 4.37 Å². The van der Waals surface area contributed by atoms with E-state index >= 15 is 0 Å². The Morgan fingerprint density at radius 3 is 2.44 bits per heavy atom. The van der Waals surface area contributed by atoms with Crippen molar-refractivity contribution in [2.24, 2.45) is 11.8 Å². The normalized spacial score (nSPS) is 22.5. The van der Waals surface area contributed by atoms with Crippen molar-refractivity contribution in [1.82, 2.24) is 14.2 Å². The molecular weight excluding hydrogens is 514 g/mol. The zero-order chi connectivity index (χ0) is 26.7. The molecule has 2 aromatic rings. The summed E-state index contributed by atoms with van der Waals surface area (Å²) in [5.41, 5.74) is 0. The molecule has 3 heterocycles. The lowest BCUT2D eigenvalue weighted by molar-refractivity contribution is -0.944. The number of piperazine rings is 1. The Morgan fingerprint density at radius 1 is 1.10 bits per heavy atom. The summed E-state index contributed by atoms with van der Waals surface area (Å²) >= 11 is 1.53. The van der Waals surface area contributed by atoms with E-state index in [0.29, 0.717) is 24.3 Å². The number of hydrogen-bond acceptors (Lipinski definition) is 7. The number of anilines is 1. The number of imide groups is 1. The first-order valence-electron chi connectivity index (χ1n) is 14.1. The van der Waals surface area contributed by atoms with Gasteiger partial charge in [0.15, 0.2) is 5.82 Å². The van der Waals surface area contributed by atoms with Gasteiger partial charge in [0.1, 0.15) is 0 Å². The number of nitrogens with zero attached hydrogens (tertiary/aromatic N) is 5. The molecule has 3 amide bonds. The molecule has 2 atom stereocenters. The van der Waals surface area contributed by atoms with Crippen LogP contribution < -0.4 is 4.90 Å². The van der Waals surface area contributed by atoms with Crippen LogP contribution in [0, 0.1) is 19.3 Å². The molecule has 9 nitrogen and oxygen atoms in total. The van der Waals surface area contributed by atoms with Crippen LogP contribution >= 0.6 is 11.5 Å². The van der Waals surface area contributed by atoms with E-state index in [1.54, 1.807) is 11.9 Å². The van der Waals surface area contributed by atoms with Gasteiger partial charge in [-0.15, -0.1) is 0 Å². The number of carbonyl (C=O) groups is 3. The number of likely N-dealkylation sites (tertiary alicyclic amines) is 1.